The Bertz CT molecular complexity index is 875. The van der Waals surface area contributed by atoms with Gasteiger partial charge in [0.05, 0.1) is 17.9 Å². The molecule has 0 unspecified atom stereocenters. The first-order valence-corrected chi connectivity index (χ1v) is 9.96. The fourth-order valence-corrected chi connectivity index (χ4v) is 2.73. The molecule has 0 aliphatic heterocycles. The van der Waals surface area contributed by atoms with Crippen molar-refractivity contribution in [2.75, 3.05) is 11.9 Å². The number of amides is 1. The van der Waals surface area contributed by atoms with E-state index in [4.69, 9.17) is 9.47 Å². The topological polar surface area (TPSA) is 77.0 Å². The van der Waals surface area contributed by atoms with Crippen molar-refractivity contribution in [1.29, 1.82) is 0 Å². The molecule has 0 spiro atoms. The Labute approximate surface area is 178 Å². The van der Waals surface area contributed by atoms with Crippen molar-refractivity contribution in [1.82, 2.24) is 0 Å². The van der Waals surface area contributed by atoms with Crippen LogP contribution in [-0.4, -0.2) is 30.0 Å². The second-order valence-corrected chi connectivity index (χ2v) is 8.73. The molecule has 160 valence electrons. The Morgan fingerprint density at radius 3 is 2.07 bits per heavy atom. The molecule has 0 bridgehead atoms. The lowest BCUT2D eigenvalue weighted by Gasteiger charge is -2.27. The number of anilines is 1. The first kappa shape index (κ1) is 23.3. The summed E-state index contributed by atoms with van der Waals surface area (Å²) in [4.78, 5) is 26.1. The molecular formula is C24H30N2O4. The normalized spacial score (nSPS) is 11.5. The van der Waals surface area contributed by atoms with E-state index in [1.54, 1.807) is 12.1 Å². The molecule has 2 aromatic rings. The van der Waals surface area contributed by atoms with E-state index in [2.05, 4.69) is 10.3 Å². The Kier molecular flexibility index (Phi) is 7.93. The number of carbonyl (C=O) groups excluding carboxylic acids is 2. The lowest BCUT2D eigenvalue weighted by molar-refractivity contribution is -0.0380. The third kappa shape index (κ3) is 8.60. The molecule has 0 aliphatic rings. The monoisotopic (exact) mass is 410 g/mol. The van der Waals surface area contributed by atoms with Crippen molar-refractivity contribution < 1.29 is 19.1 Å². The maximum Gasteiger partial charge on any atom is 0.412 e. The van der Waals surface area contributed by atoms with Gasteiger partial charge in [-0.3, -0.25) is 5.32 Å². The molecule has 2 rings (SSSR count). The second-order valence-electron chi connectivity index (χ2n) is 8.73. The molecule has 0 heterocycles. The summed E-state index contributed by atoms with van der Waals surface area (Å²) in [5, 5.41) is 2.77. The predicted molar refractivity (Wildman–Crippen MR) is 118 cm³/mol. The highest BCUT2D eigenvalue weighted by Gasteiger charge is 2.24. The number of benzene rings is 2. The molecule has 1 N–H and O–H groups in total. The highest BCUT2D eigenvalue weighted by atomic mass is 16.6. The van der Waals surface area contributed by atoms with Crippen molar-refractivity contribution in [2.24, 2.45) is 4.99 Å². The van der Waals surface area contributed by atoms with Crippen LogP contribution >= 0.6 is 0 Å². The van der Waals surface area contributed by atoms with Gasteiger partial charge in [-0.25, -0.2) is 9.59 Å². The van der Waals surface area contributed by atoms with Gasteiger partial charge in [-0.1, -0.05) is 24.3 Å². The zero-order chi connectivity index (χ0) is 22.2. The van der Waals surface area contributed by atoms with E-state index >= 15 is 0 Å². The summed E-state index contributed by atoms with van der Waals surface area (Å²) in [6.07, 6.45) is 2.38. The summed E-state index contributed by atoms with van der Waals surface area (Å²) in [6.45, 7) is 10.2. The minimum absolute atomic E-state index is 0.217. The minimum atomic E-state index is -0.630. The number of rotatable bonds is 8. The summed E-state index contributed by atoms with van der Waals surface area (Å²) < 4.78 is 11.3. The van der Waals surface area contributed by atoms with Gasteiger partial charge in [0.15, 0.2) is 0 Å². The van der Waals surface area contributed by atoms with Crippen molar-refractivity contribution >= 4 is 23.5 Å². The van der Waals surface area contributed by atoms with E-state index < -0.39 is 11.7 Å². The van der Waals surface area contributed by atoms with Gasteiger partial charge >= 0.3 is 6.09 Å². The van der Waals surface area contributed by atoms with Crippen molar-refractivity contribution in [2.45, 2.75) is 58.7 Å². The largest absolute Gasteiger partial charge is 0.443 e. The lowest BCUT2D eigenvalue weighted by Crippen LogP contribution is -2.33. The number of aliphatic imine (C=N–C) groups is 1. The van der Waals surface area contributed by atoms with Gasteiger partial charge in [0, 0.05) is 12.1 Å². The van der Waals surface area contributed by atoms with E-state index in [9.17, 15) is 9.59 Å². The maximum absolute atomic E-state index is 12.2. The minimum Gasteiger partial charge on any atom is -0.443 e. The zero-order valence-corrected chi connectivity index (χ0v) is 18.3. The number of ether oxygens (including phenoxy) is 2. The fraction of sp³-hybridized carbons (Fsp3) is 0.417. The van der Waals surface area contributed by atoms with Crippen LogP contribution in [-0.2, 0) is 20.7 Å². The van der Waals surface area contributed by atoms with Crippen LogP contribution in [0.1, 0.15) is 52.2 Å². The fourth-order valence-electron chi connectivity index (χ4n) is 2.73. The van der Waals surface area contributed by atoms with Crippen molar-refractivity contribution in [3.63, 3.8) is 0 Å². The smallest absolute Gasteiger partial charge is 0.412 e. The Balaban J connectivity index is 1.85. The standard InChI is InChI=1S/C24H30N2O4/c1-23(2,3)29-15-14-24(4,5)30-22(28)26-21-12-8-19(9-13-21)16-18-6-10-20(11-7-18)25-17-27/h6-13H,14-16H2,1-5H3,(H,26,28). The van der Waals surface area contributed by atoms with Crippen LogP contribution in [0.25, 0.3) is 0 Å². The van der Waals surface area contributed by atoms with Crippen LogP contribution in [0.5, 0.6) is 0 Å². The van der Waals surface area contributed by atoms with Crippen molar-refractivity contribution in [3.05, 3.63) is 59.7 Å². The molecule has 0 saturated heterocycles. The van der Waals surface area contributed by atoms with Gasteiger partial charge in [0.1, 0.15) is 5.60 Å². The molecular weight excluding hydrogens is 380 g/mol. The summed E-state index contributed by atoms with van der Waals surface area (Å²) in [7, 11) is 0. The number of carbonyl (C=O) groups is 1. The van der Waals surface area contributed by atoms with E-state index in [1.165, 1.54) is 6.08 Å². The number of hydrogen-bond donors (Lipinski definition) is 1. The molecule has 6 heteroatoms. The zero-order valence-electron chi connectivity index (χ0n) is 18.3. The molecule has 0 fully saturated rings. The first-order valence-electron chi connectivity index (χ1n) is 9.96. The molecule has 0 radical (unpaired) electrons. The van der Waals surface area contributed by atoms with E-state index in [0.29, 0.717) is 24.4 Å². The summed E-state index contributed by atoms with van der Waals surface area (Å²) in [5.41, 5.74) is 2.60. The van der Waals surface area contributed by atoms with Crippen LogP contribution in [0.4, 0.5) is 16.2 Å². The molecule has 0 aliphatic carbocycles. The van der Waals surface area contributed by atoms with Gasteiger partial charge in [0.25, 0.3) is 0 Å². The predicted octanol–water partition coefficient (Wildman–Crippen LogP) is 5.78. The van der Waals surface area contributed by atoms with Crippen LogP contribution in [0.2, 0.25) is 0 Å². The average molecular weight is 411 g/mol. The quantitative estimate of drug-likeness (QED) is 0.442. The van der Waals surface area contributed by atoms with Crippen LogP contribution in [0.3, 0.4) is 0 Å². The van der Waals surface area contributed by atoms with Gasteiger partial charge in [-0.2, -0.15) is 4.99 Å². The molecule has 1 amide bonds. The van der Waals surface area contributed by atoms with Crippen LogP contribution in [0.15, 0.2) is 53.5 Å². The van der Waals surface area contributed by atoms with Gasteiger partial charge in [-0.05, 0) is 76.4 Å². The maximum atomic E-state index is 12.2. The van der Waals surface area contributed by atoms with Crippen LogP contribution < -0.4 is 5.32 Å². The molecule has 30 heavy (non-hydrogen) atoms. The third-order valence-electron chi connectivity index (χ3n) is 4.33. The van der Waals surface area contributed by atoms with E-state index in [-0.39, 0.29) is 5.60 Å². The van der Waals surface area contributed by atoms with E-state index in [1.807, 2.05) is 71.0 Å². The Morgan fingerprint density at radius 1 is 0.967 bits per heavy atom. The van der Waals surface area contributed by atoms with Gasteiger partial charge < -0.3 is 9.47 Å². The summed E-state index contributed by atoms with van der Waals surface area (Å²) in [5.74, 6) is 0. The third-order valence-corrected chi connectivity index (χ3v) is 4.33. The average Bonchev–Trinajstić information content (AvgIpc) is 2.63. The number of nitrogens with one attached hydrogen (secondary N) is 1. The molecule has 0 aromatic heterocycles. The van der Waals surface area contributed by atoms with Crippen molar-refractivity contribution in [3.8, 4) is 0 Å². The van der Waals surface area contributed by atoms with Gasteiger partial charge in [-0.15, -0.1) is 0 Å². The lowest BCUT2D eigenvalue weighted by atomic mass is 10.0. The molecule has 2 aromatic carbocycles. The summed E-state index contributed by atoms with van der Waals surface area (Å²) >= 11 is 0. The number of isocyanates is 1. The molecule has 0 atom stereocenters. The van der Waals surface area contributed by atoms with E-state index in [0.717, 1.165) is 17.5 Å². The Hall–Kier alpha value is -2.95. The first-order chi connectivity index (χ1) is 14.1. The Morgan fingerprint density at radius 2 is 1.53 bits per heavy atom. The highest BCUT2D eigenvalue weighted by molar-refractivity contribution is 5.84. The number of nitrogens with zero attached hydrogens (tertiary/aromatic N) is 1. The highest BCUT2D eigenvalue weighted by Crippen LogP contribution is 2.20. The van der Waals surface area contributed by atoms with Crippen LogP contribution in [0, 0.1) is 0 Å². The molecule has 0 saturated carbocycles. The number of hydrogen-bond acceptors (Lipinski definition) is 5. The second kappa shape index (κ2) is 10.2. The molecule has 6 nitrogen and oxygen atoms in total. The van der Waals surface area contributed by atoms with Gasteiger partial charge in [0.2, 0.25) is 6.08 Å². The summed E-state index contributed by atoms with van der Waals surface area (Å²) in [6, 6.07) is 15.0. The SMILES string of the molecule is CC(C)(C)OCCC(C)(C)OC(=O)Nc1ccc(Cc2ccc(N=C=O)cc2)cc1.